The van der Waals surface area contributed by atoms with Crippen LogP contribution in [0, 0.1) is 0 Å². The summed E-state index contributed by atoms with van der Waals surface area (Å²) in [5.41, 5.74) is 36.9. The molecule has 17 rings (SSSR count). The van der Waals surface area contributed by atoms with Crippen molar-refractivity contribution in [2.45, 2.75) is 70.6 Å². The van der Waals surface area contributed by atoms with Crippen molar-refractivity contribution < 1.29 is 0 Å². The first kappa shape index (κ1) is 62.7. The molecular formula is C99H80N2. The van der Waals surface area contributed by atoms with Crippen LogP contribution in [-0.4, -0.2) is 0 Å². The molecule has 0 N–H and O–H groups in total. The second kappa shape index (κ2) is 25.5. The first-order valence-electron chi connectivity index (χ1n) is 35.9. The summed E-state index contributed by atoms with van der Waals surface area (Å²) < 4.78 is 0. The summed E-state index contributed by atoms with van der Waals surface area (Å²) in [7, 11) is 0. The average Bonchev–Trinajstić information content (AvgIpc) is 1.89. The largest absolute Gasteiger partial charge is 0.310 e. The molecule has 0 atom stereocenters. The molecule has 486 valence electrons. The molecule has 2 nitrogen and oxygen atoms in total. The second-order valence-corrected chi connectivity index (χ2v) is 28.7. The molecule has 0 aromatic heterocycles. The van der Waals surface area contributed by atoms with E-state index in [-0.39, 0.29) is 16.2 Å². The Hall–Kier alpha value is -11.8. The van der Waals surface area contributed by atoms with Gasteiger partial charge < -0.3 is 9.80 Å². The zero-order chi connectivity index (χ0) is 68.4. The molecular weight excluding hydrogens is 1220 g/mol. The smallest absolute Gasteiger partial charge is 0.0465 e. The Morgan fingerprint density at radius 3 is 0.683 bits per heavy atom. The van der Waals surface area contributed by atoms with Crippen molar-refractivity contribution in [3.8, 4) is 77.9 Å². The van der Waals surface area contributed by atoms with Crippen molar-refractivity contribution in [1.29, 1.82) is 0 Å². The van der Waals surface area contributed by atoms with Gasteiger partial charge in [-0.15, -0.1) is 0 Å². The molecule has 0 unspecified atom stereocenters. The van der Waals surface area contributed by atoms with Gasteiger partial charge in [0, 0.05) is 50.4 Å². The van der Waals surface area contributed by atoms with E-state index < -0.39 is 0 Å². The van der Waals surface area contributed by atoms with E-state index in [0.29, 0.717) is 0 Å². The number of anilines is 6. The third-order valence-corrected chi connectivity index (χ3v) is 22.4. The summed E-state index contributed by atoms with van der Waals surface area (Å²) >= 11 is 0. The first-order chi connectivity index (χ1) is 49.4. The molecule has 0 amide bonds. The number of rotatable bonds is 16. The van der Waals surface area contributed by atoms with Crippen molar-refractivity contribution in [3.05, 3.63) is 383 Å². The van der Waals surface area contributed by atoms with Gasteiger partial charge in [0.15, 0.2) is 0 Å². The van der Waals surface area contributed by atoms with Crippen molar-refractivity contribution >= 4 is 58.4 Å². The Balaban J connectivity index is 0.617. The van der Waals surface area contributed by atoms with Gasteiger partial charge in [-0.3, -0.25) is 0 Å². The Morgan fingerprint density at radius 1 is 0.218 bits per heavy atom. The first-order valence-corrected chi connectivity index (χ1v) is 35.9. The molecule has 0 heterocycles. The molecule has 0 fully saturated rings. The molecule has 2 heteroatoms. The van der Waals surface area contributed by atoms with Gasteiger partial charge in [-0.1, -0.05) is 321 Å². The third kappa shape index (κ3) is 11.2. The monoisotopic (exact) mass is 1300 g/mol. The minimum Gasteiger partial charge on any atom is -0.310 e. The highest BCUT2D eigenvalue weighted by molar-refractivity contribution is 5.91. The highest BCUT2D eigenvalue weighted by atomic mass is 15.1. The van der Waals surface area contributed by atoms with Crippen molar-refractivity contribution in [3.63, 3.8) is 0 Å². The van der Waals surface area contributed by atoms with E-state index in [1.54, 1.807) is 0 Å². The maximum atomic E-state index is 2.48. The molecule has 3 aliphatic rings. The fourth-order valence-electron chi connectivity index (χ4n) is 16.7. The van der Waals surface area contributed by atoms with Crippen LogP contribution in [0.5, 0.6) is 0 Å². The fraction of sp³-hybridized carbons (Fsp3) is 0.111. The van der Waals surface area contributed by atoms with E-state index in [1.807, 2.05) is 0 Å². The third-order valence-electron chi connectivity index (χ3n) is 22.4. The predicted octanol–water partition coefficient (Wildman–Crippen LogP) is 27.3. The van der Waals surface area contributed by atoms with Crippen LogP contribution in [0.3, 0.4) is 0 Å². The zero-order valence-electron chi connectivity index (χ0n) is 58.3. The number of benzene rings is 14. The average molecular weight is 1300 g/mol. The highest BCUT2D eigenvalue weighted by Gasteiger charge is 2.42. The SMILES string of the molecule is CCC1(CC)c2cc(/C=C/c3ccc4c(c3)C(C)(C)c3cc(N(c5ccc(-c6ccccc6)cc5)c5ccc(-c6ccccc6)cc5)ccc3-4)ccc2-c2ccc(/C=C/c3ccc4c(c3)C(C)(C)c3cc(N(c5ccc(-c6ccccc6)cc5)c5ccc(-c6ccccc6)cc5)ccc3-4)cc21. The molecule has 14 aromatic carbocycles. The topological polar surface area (TPSA) is 6.48 Å². The molecule has 3 aliphatic carbocycles. The lowest BCUT2D eigenvalue weighted by Gasteiger charge is -2.30. The molecule has 14 aromatic rings. The van der Waals surface area contributed by atoms with Crippen LogP contribution in [-0.2, 0) is 16.2 Å². The van der Waals surface area contributed by atoms with Gasteiger partial charge in [-0.2, -0.15) is 0 Å². The number of hydrogen-bond acceptors (Lipinski definition) is 2. The Labute approximate surface area is 596 Å². The normalized spacial score (nSPS) is 13.9. The maximum absolute atomic E-state index is 2.48. The van der Waals surface area contributed by atoms with Crippen LogP contribution in [0.25, 0.3) is 102 Å². The van der Waals surface area contributed by atoms with Gasteiger partial charge in [-0.25, -0.2) is 0 Å². The van der Waals surface area contributed by atoms with Crippen molar-refractivity contribution in [2.24, 2.45) is 0 Å². The van der Waals surface area contributed by atoms with Crippen LogP contribution in [0.2, 0.25) is 0 Å². The Kier molecular flexibility index (Phi) is 15.8. The highest BCUT2D eigenvalue weighted by Crippen LogP contribution is 2.56. The molecule has 0 saturated carbocycles. The van der Waals surface area contributed by atoms with E-state index in [4.69, 9.17) is 0 Å². The summed E-state index contributed by atoms with van der Waals surface area (Å²) in [5.74, 6) is 0. The van der Waals surface area contributed by atoms with Crippen LogP contribution in [0.1, 0.15) is 110 Å². The number of fused-ring (bicyclic) bond motifs is 9. The predicted molar refractivity (Wildman–Crippen MR) is 430 cm³/mol. The van der Waals surface area contributed by atoms with E-state index in [0.717, 1.165) is 47.0 Å². The molecule has 0 bridgehead atoms. The molecule has 0 radical (unpaired) electrons. The zero-order valence-corrected chi connectivity index (χ0v) is 58.3. The lowest BCUT2D eigenvalue weighted by Crippen LogP contribution is -2.23. The van der Waals surface area contributed by atoms with Gasteiger partial charge in [0.1, 0.15) is 0 Å². The van der Waals surface area contributed by atoms with Gasteiger partial charge in [0.2, 0.25) is 0 Å². The van der Waals surface area contributed by atoms with Crippen LogP contribution in [0.15, 0.2) is 328 Å². The lowest BCUT2D eigenvalue weighted by atomic mass is 9.73. The second-order valence-electron chi connectivity index (χ2n) is 28.7. The minimum absolute atomic E-state index is 0.0948. The summed E-state index contributed by atoms with van der Waals surface area (Å²) in [5, 5.41) is 0. The quantitative estimate of drug-likeness (QED) is 0.0890. The Morgan fingerprint density at radius 2 is 0.426 bits per heavy atom. The van der Waals surface area contributed by atoms with E-state index in [1.165, 1.54) is 134 Å². The minimum atomic E-state index is -0.226. The van der Waals surface area contributed by atoms with Gasteiger partial charge in [-0.05, 0) is 219 Å². The molecule has 0 saturated heterocycles. The number of nitrogens with zero attached hydrogens (tertiary/aromatic N) is 2. The summed E-state index contributed by atoms with van der Waals surface area (Å²) in [6.45, 7) is 14.3. The molecule has 0 spiro atoms. The van der Waals surface area contributed by atoms with Gasteiger partial charge in [0.05, 0.1) is 0 Å². The van der Waals surface area contributed by atoms with Crippen LogP contribution in [0.4, 0.5) is 34.1 Å². The summed E-state index contributed by atoms with van der Waals surface area (Å²) in [4.78, 5) is 4.82. The molecule has 101 heavy (non-hydrogen) atoms. The summed E-state index contributed by atoms with van der Waals surface area (Å²) in [6.07, 6.45) is 11.3. The van der Waals surface area contributed by atoms with Crippen LogP contribution >= 0.6 is 0 Å². The van der Waals surface area contributed by atoms with E-state index in [9.17, 15) is 0 Å². The maximum Gasteiger partial charge on any atom is 0.0465 e. The molecule has 0 aliphatic heterocycles. The van der Waals surface area contributed by atoms with Crippen molar-refractivity contribution in [2.75, 3.05) is 9.80 Å². The standard InChI is InChI=1S/C99H80N2/c1-7-99(8-2)95-63-69(31-29-67-33-55-85-87-59-53-83(65-93(87)97(3,4)91(85)61-67)100(79-45-37-75(38-46-79)71-21-13-9-14-22-71)80-47-39-76(40-48-80)72-23-15-10-16-24-72)35-57-89(95)90-58-36-70(64-96(90)99)32-30-68-34-56-86-88-60-54-84(66-94(88)98(5,6)92(86)62-68)101(81-49-41-77(42-50-81)73-25-17-11-18-26-73)82-51-43-78(44-52-82)74-27-19-12-20-28-74/h9-66H,7-8H2,1-6H3/b31-29+,32-30+. The Bertz CT molecular complexity index is 4980. The van der Waals surface area contributed by atoms with Gasteiger partial charge in [0.25, 0.3) is 0 Å². The van der Waals surface area contributed by atoms with Crippen LogP contribution < -0.4 is 9.80 Å². The lowest BCUT2D eigenvalue weighted by molar-refractivity contribution is 0.490. The van der Waals surface area contributed by atoms with E-state index in [2.05, 4.69) is 403 Å². The van der Waals surface area contributed by atoms with Gasteiger partial charge >= 0.3 is 0 Å². The van der Waals surface area contributed by atoms with Crippen molar-refractivity contribution in [1.82, 2.24) is 0 Å². The van der Waals surface area contributed by atoms with E-state index >= 15 is 0 Å². The number of hydrogen-bond donors (Lipinski definition) is 0. The fourth-order valence-corrected chi connectivity index (χ4v) is 16.7. The summed E-state index contributed by atoms with van der Waals surface area (Å²) in [6, 6.07) is 121.